The van der Waals surface area contributed by atoms with Crippen molar-refractivity contribution in [2.45, 2.75) is 26.4 Å². The highest BCUT2D eigenvalue weighted by atomic mass is 127. The van der Waals surface area contributed by atoms with E-state index in [0.717, 1.165) is 30.7 Å². The van der Waals surface area contributed by atoms with Gasteiger partial charge in [0.1, 0.15) is 5.60 Å². The molecule has 0 atom stereocenters. The fourth-order valence-electron chi connectivity index (χ4n) is 1.52. The number of hydrogen-bond acceptors (Lipinski definition) is 2. The molecule has 0 spiro atoms. The van der Waals surface area contributed by atoms with E-state index in [-0.39, 0.29) is 35.7 Å². The molecule has 0 aromatic rings. The first-order valence-electron chi connectivity index (χ1n) is 5.50. The number of likely N-dealkylation sites (N-methyl/N-ethyl adjacent to an activating group) is 1. The van der Waals surface area contributed by atoms with Crippen LogP contribution < -0.4 is 24.0 Å². The van der Waals surface area contributed by atoms with Crippen LogP contribution in [0, 0.1) is 0 Å². The zero-order valence-electron chi connectivity index (χ0n) is 10.9. The lowest BCUT2D eigenvalue weighted by molar-refractivity contribution is -0.894. The van der Waals surface area contributed by atoms with Gasteiger partial charge >= 0.3 is 6.09 Å². The lowest BCUT2D eigenvalue weighted by Gasteiger charge is -2.39. The molecule has 1 aliphatic heterocycles. The number of ether oxygens (including phenoxy) is 1. The van der Waals surface area contributed by atoms with E-state index in [9.17, 15) is 4.79 Å². The highest BCUT2D eigenvalue weighted by Crippen LogP contribution is 2.13. The Morgan fingerprint density at radius 3 is 2.00 bits per heavy atom. The number of quaternary nitrogens is 1. The minimum atomic E-state index is -0.390. The van der Waals surface area contributed by atoms with Crippen molar-refractivity contribution in [3.63, 3.8) is 0 Å². The largest absolute Gasteiger partial charge is 1.00 e. The molecular weight excluding hydrogens is 319 g/mol. The molecule has 0 radical (unpaired) electrons. The first-order chi connectivity index (χ1) is 6.70. The molecule has 1 rings (SSSR count). The Labute approximate surface area is 116 Å². The predicted octanol–water partition coefficient (Wildman–Crippen LogP) is -1.68. The molecule has 1 saturated heterocycles. The summed E-state index contributed by atoms with van der Waals surface area (Å²) in [6.45, 7) is 9.28. The molecule has 16 heavy (non-hydrogen) atoms. The molecule has 1 aliphatic rings. The Bertz CT molecular complexity index is 239. The van der Waals surface area contributed by atoms with Crippen molar-refractivity contribution in [3.05, 3.63) is 0 Å². The maximum atomic E-state index is 11.7. The number of hydrogen-bond donors (Lipinski definition) is 0. The third-order valence-corrected chi connectivity index (χ3v) is 2.60. The van der Waals surface area contributed by atoms with Crippen LogP contribution in [0.15, 0.2) is 0 Å². The number of rotatable bonds is 0. The van der Waals surface area contributed by atoms with Crippen molar-refractivity contribution in [2.24, 2.45) is 0 Å². The van der Waals surface area contributed by atoms with Gasteiger partial charge in [-0.25, -0.2) is 4.79 Å². The molecule has 0 aromatic heterocycles. The quantitative estimate of drug-likeness (QED) is 0.389. The number of piperazine rings is 1. The molecule has 0 unspecified atom stereocenters. The molecule has 5 heteroatoms. The van der Waals surface area contributed by atoms with Crippen LogP contribution in [0.1, 0.15) is 20.8 Å². The van der Waals surface area contributed by atoms with E-state index in [1.807, 2.05) is 20.8 Å². The second-order valence-corrected chi connectivity index (χ2v) is 5.85. The van der Waals surface area contributed by atoms with Gasteiger partial charge in [-0.15, -0.1) is 0 Å². The number of amides is 1. The van der Waals surface area contributed by atoms with Crippen molar-refractivity contribution in [2.75, 3.05) is 40.3 Å². The molecule has 0 saturated carbocycles. The predicted molar refractivity (Wildman–Crippen MR) is 59.6 cm³/mol. The Hall–Kier alpha value is -0.0400. The Kier molecular flexibility index (Phi) is 5.52. The molecule has 0 aromatic carbocycles. The van der Waals surface area contributed by atoms with Gasteiger partial charge in [-0.05, 0) is 20.8 Å². The minimum absolute atomic E-state index is 0. The molecule has 96 valence electrons. The number of carbonyl (C=O) groups is 1. The first kappa shape index (κ1) is 16.0. The van der Waals surface area contributed by atoms with Crippen LogP contribution in [0.25, 0.3) is 0 Å². The summed E-state index contributed by atoms with van der Waals surface area (Å²) in [5.41, 5.74) is -0.390. The fraction of sp³-hybridized carbons (Fsp3) is 0.909. The fourth-order valence-corrected chi connectivity index (χ4v) is 1.52. The van der Waals surface area contributed by atoms with E-state index in [1.165, 1.54) is 0 Å². The first-order valence-corrected chi connectivity index (χ1v) is 5.50. The smallest absolute Gasteiger partial charge is 0.410 e. The number of carbonyl (C=O) groups excluding carboxylic acids is 1. The SMILES string of the molecule is CC(C)(C)OC(=O)N1CC[N+](C)(C)CC1.[I-]. The average Bonchev–Trinajstić information content (AvgIpc) is 2.00. The molecule has 4 nitrogen and oxygen atoms in total. The molecule has 1 fully saturated rings. The summed E-state index contributed by atoms with van der Waals surface area (Å²) in [5, 5.41) is 0. The van der Waals surface area contributed by atoms with E-state index in [0.29, 0.717) is 0 Å². The molecule has 0 aliphatic carbocycles. The van der Waals surface area contributed by atoms with Gasteiger partial charge in [-0.1, -0.05) is 0 Å². The van der Waals surface area contributed by atoms with Crippen molar-refractivity contribution in [1.29, 1.82) is 0 Å². The topological polar surface area (TPSA) is 29.5 Å². The van der Waals surface area contributed by atoms with Gasteiger partial charge < -0.3 is 33.2 Å². The lowest BCUT2D eigenvalue weighted by Crippen LogP contribution is -3.00. The molecule has 0 N–H and O–H groups in total. The van der Waals surface area contributed by atoms with Gasteiger partial charge in [0.2, 0.25) is 0 Å². The summed E-state index contributed by atoms with van der Waals surface area (Å²) in [5.74, 6) is 0. The summed E-state index contributed by atoms with van der Waals surface area (Å²) < 4.78 is 6.31. The van der Waals surface area contributed by atoms with Crippen LogP contribution in [0.2, 0.25) is 0 Å². The highest BCUT2D eigenvalue weighted by molar-refractivity contribution is 5.68. The summed E-state index contributed by atoms with van der Waals surface area (Å²) in [4.78, 5) is 13.5. The van der Waals surface area contributed by atoms with E-state index < -0.39 is 0 Å². The number of halogens is 1. The lowest BCUT2D eigenvalue weighted by atomic mass is 10.2. The van der Waals surface area contributed by atoms with Crippen molar-refractivity contribution < 1.29 is 38.0 Å². The second-order valence-electron chi connectivity index (χ2n) is 5.85. The van der Waals surface area contributed by atoms with Crippen LogP contribution in [0.3, 0.4) is 0 Å². The van der Waals surface area contributed by atoms with Crippen molar-refractivity contribution in [3.8, 4) is 0 Å². The van der Waals surface area contributed by atoms with Gasteiger partial charge in [0.05, 0.1) is 40.3 Å². The second kappa shape index (κ2) is 5.53. The summed E-state index contributed by atoms with van der Waals surface area (Å²) in [6, 6.07) is 0. The van der Waals surface area contributed by atoms with Gasteiger partial charge in [0.25, 0.3) is 0 Å². The normalized spacial score (nSPS) is 19.9. The number of nitrogens with zero attached hydrogens (tertiary/aromatic N) is 2. The van der Waals surface area contributed by atoms with Crippen LogP contribution in [-0.2, 0) is 4.74 Å². The van der Waals surface area contributed by atoms with Gasteiger partial charge in [-0.3, -0.25) is 4.90 Å². The van der Waals surface area contributed by atoms with Crippen molar-refractivity contribution >= 4 is 6.09 Å². The molecular formula is C11H23IN2O2. The van der Waals surface area contributed by atoms with Gasteiger partial charge in [0.15, 0.2) is 0 Å². The Morgan fingerprint density at radius 2 is 1.62 bits per heavy atom. The third-order valence-electron chi connectivity index (χ3n) is 2.60. The van der Waals surface area contributed by atoms with Crippen LogP contribution in [0.4, 0.5) is 4.79 Å². The van der Waals surface area contributed by atoms with Gasteiger partial charge in [-0.2, -0.15) is 0 Å². The maximum absolute atomic E-state index is 11.7. The Balaban J connectivity index is 0.00000225. The summed E-state index contributed by atoms with van der Waals surface area (Å²) in [6.07, 6.45) is -0.179. The van der Waals surface area contributed by atoms with E-state index in [4.69, 9.17) is 4.74 Å². The van der Waals surface area contributed by atoms with Crippen LogP contribution >= 0.6 is 0 Å². The standard InChI is InChI=1S/C11H23N2O2.HI/c1-11(2,3)15-10(14)12-6-8-13(4,5)9-7-12;/h6-9H2,1-5H3;1H/q+1;/p-1. The molecule has 0 bridgehead atoms. The Morgan fingerprint density at radius 1 is 1.19 bits per heavy atom. The zero-order chi connectivity index (χ0) is 11.7. The zero-order valence-corrected chi connectivity index (χ0v) is 13.1. The van der Waals surface area contributed by atoms with Crippen LogP contribution in [-0.4, -0.2) is 61.4 Å². The molecule has 1 heterocycles. The van der Waals surface area contributed by atoms with E-state index in [2.05, 4.69) is 14.1 Å². The van der Waals surface area contributed by atoms with E-state index >= 15 is 0 Å². The van der Waals surface area contributed by atoms with Crippen molar-refractivity contribution in [1.82, 2.24) is 4.90 Å². The van der Waals surface area contributed by atoms with E-state index in [1.54, 1.807) is 4.90 Å². The monoisotopic (exact) mass is 342 g/mol. The highest BCUT2D eigenvalue weighted by Gasteiger charge is 2.29. The molecule has 1 amide bonds. The third kappa shape index (κ3) is 5.34. The summed E-state index contributed by atoms with van der Waals surface area (Å²) >= 11 is 0. The van der Waals surface area contributed by atoms with Gasteiger partial charge in [0, 0.05) is 0 Å². The average molecular weight is 342 g/mol. The van der Waals surface area contributed by atoms with Crippen LogP contribution in [0.5, 0.6) is 0 Å². The maximum Gasteiger partial charge on any atom is 0.410 e. The minimum Gasteiger partial charge on any atom is -1.00 e. The summed E-state index contributed by atoms with van der Waals surface area (Å²) in [7, 11) is 4.37.